The Bertz CT molecular complexity index is 448. The van der Waals surface area contributed by atoms with Crippen LogP contribution in [-0.2, 0) is 11.3 Å². The second-order valence-electron chi connectivity index (χ2n) is 5.87. The third-order valence-corrected chi connectivity index (χ3v) is 4.08. The Labute approximate surface area is 124 Å². The van der Waals surface area contributed by atoms with E-state index in [1.54, 1.807) is 0 Å². The van der Waals surface area contributed by atoms with Crippen LogP contribution in [0, 0.1) is 0 Å². The molecule has 1 saturated heterocycles. The number of hydrogen-bond donors (Lipinski definition) is 1. The fourth-order valence-corrected chi connectivity index (χ4v) is 3.22. The zero-order valence-electron chi connectivity index (χ0n) is 12.2. The molecular weight excluding hydrogens is 304 g/mol. The molecule has 0 aromatic heterocycles. The largest absolute Gasteiger partial charge is 0.369 e. The molecule has 0 aliphatic carbocycles. The first-order valence-corrected chi connectivity index (χ1v) is 7.56. The molecule has 1 aliphatic rings. The van der Waals surface area contributed by atoms with E-state index in [-0.39, 0.29) is 11.7 Å². The van der Waals surface area contributed by atoms with Crippen LogP contribution in [0.1, 0.15) is 26.3 Å². The second kappa shape index (κ2) is 5.81. The van der Waals surface area contributed by atoms with E-state index in [0.717, 1.165) is 24.1 Å². The van der Waals surface area contributed by atoms with Gasteiger partial charge in [0.1, 0.15) is 0 Å². The number of hydrogen-bond acceptors (Lipinski definition) is 3. The Morgan fingerprint density at radius 2 is 2.21 bits per heavy atom. The lowest BCUT2D eigenvalue weighted by atomic mass is 10.0. The molecule has 1 heterocycles. The smallest absolute Gasteiger partial charge is 0.0805 e. The standard InChI is InChI=1S/C15H23BrN2O/c1-11-9-18(10-15(2,3)19-11)13-6-5-12(8-17-4)14(16)7-13/h5-7,11,17H,8-10H2,1-4H3. The molecule has 19 heavy (non-hydrogen) atoms. The van der Waals surface area contributed by atoms with Crippen molar-refractivity contribution in [1.29, 1.82) is 0 Å². The molecule has 1 aliphatic heterocycles. The van der Waals surface area contributed by atoms with Crippen LogP contribution in [0.5, 0.6) is 0 Å². The van der Waals surface area contributed by atoms with E-state index in [2.05, 4.69) is 65.1 Å². The van der Waals surface area contributed by atoms with Gasteiger partial charge in [-0.25, -0.2) is 0 Å². The van der Waals surface area contributed by atoms with Crippen LogP contribution >= 0.6 is 15.9 Å². The Hall–Kier alpha value is -0.580. The van der Waals surface area contributed by atoms with Gasteiger partial charge in [0.2, 0.25) is 0 Å². The van der Waals surface area contributed by atoms with E-state index >= 15 is 0 Å². The van der Waals surface area contributed by atoms with E-state index in [1.165, 1.54) is 11.3 Å². The zero-order chi connectivity index (χ0) is 14.0. The Morgan fingerprint density at radius 1 is 1.47 bits per heavy atom. The van der Waals surface area contributed by atoms with Crippen molar-refractivity contribution in [1.82, 2.24) is 5.32 Å². The lowest BCUT2D eigenvalue weighted by molar-refractivity contribution is -0.0749. The van der Waals surface area contributed by atoms with Gasteiger partial charge in [-0.05, 0) is 45.5 Å². The number of benzene rings is 1. The first-order chi connectivity index (χ1) is 8.91. The number of nitrogens with zero attached hydrogens (tertiary/aromatic N) is 1. The molecule has 0 amide bonds. The van der Waals surface area contributed by atoms with Crippen molar-refractivity contribution in [3.8, 4) is 0 Å². The number of nitrogens with one attached hydrogen (secondary N) is 1. The summed E-state index contributed by atoms with van der Waals surface area (Å²) in [4.78, 5) is 2.40. The van der Waals surface area contributed by atoms with Gasteiger partial charge >= 0.3 is 0 Å². The summed E-state index contributed by atoms with van der Waals surface area (Å²) in [5, 5.41) is 3.18. The maximum absolute atomic E-state index is 5.95. The number of anilines is 1. The van der Waals surface area contributed by atoms with Gasteiger partial charge in [0.15, 0.2) is 0 Å². The number of ether oxygens (including phenoxy) is 1. The highest BCUT2D eigenvalue weighted by atomic mass is 79.9. The van der Waals surface area contributed by atoms with Crippen LogP contribution in [0.15, 0.2) is 22.7 Å². The Kier molecular flexibility index (Phi) is 4.54. The lowest BCUT2D eigenvalue weighted by Crippen LogP contribution is -2.52. The molecule has 1 aromatic carbocycles. The van der Waals surface area contributed by atoms with Gasteiger partial charge in [-0.3, -0.25) is 0 Å². The predicted octanol–water partition coefficient (Wildman–Crippen LogP) is 3.17. The summed E-state index contributed by atoms with van der Waals surface area (Å²) in [6, 6.07) is 6.59. The van der Waals surface area contributed by atoms with Crippen LogP contribution in [0.3, 0.4) is 0 Å². The summed E-state index contributed by atoms with van der Waals surface area (Å²) in [7, 11) is 1.96. The van der Waals surface area contributed by atoms with Gasteiger partial charge in [-0.1, -0.05) is 22.0 Å². The molecule has 1 unspecified atom stereocenters. The highest BCUT2D eigenvalue weighted by Crippen LogP contribution is 2.29. The molecule has 1 aromatic rings. The van der Waals surface area contributed by atoms with Gasteiger partial charge in [-0.2, -0.15) is 0 Å². The fraction of sp³-hybridized carbons (Fsp3) is 0.600. The summed E-state index contributed by atoms with van der Waals surface area (Å²) >= 11 is 3.66. The van der Waals surface area contributed by atoms with Crippen LogP contribution < -0.4 is 10.2 Å². The minimum atomic E-state index is -0.0895. The van der Waals surface area contributed by atoms with Crippen molar-refractivity contribution in [3.05, 3.63) is 28.2 Å². The first-order valence-electron chi connectivity index (χ1n) is 6.77. The molecule has 2 rings (SSSR count). The van der Waals surface area contributed by atoms with E-state index in [9.17, 15) is 0 Å². The molecule has 1 N–H and O–H groups in total. The molecule has 0 saturated carbocycles. The summed E-state index contributed by atoms with van der Waals surface area (Å²) in [5.41, 5.74) is 2.45. The topological polar surface area (TPSA) is 24.5 Å². The number of halogens is 1. The van der Waals surface area contributed by atoms with Crippen molar-refractivity contribution in [3.63, 3.8) is 0 Å². The minimum absolute atomic E-state index is 0.0895. The minimum Gasteiger partial charge on any atom is -0.369 e. The van der Waals surface area contributed by atoms with Crippen LogP contribution in [-0.4, -0.2) is 31.8 Å². The predicted molar refractivity (Wildman–Crippen MR) is 83.7 cm³/mol. The molecule has 0 spiro atoms. The molecule has 4 heteroatoms. The number of rotatable bonds is 3. The van der Waals surface area contributed by atoms with E-state index in [0.29, 0.717) is 0 Å². The normalized spacial score (nSPS) is 22.6. The second-order valence-corrected chi connectivity index (χ2v) is 6.73. The molecule has 1 fully saturated rings. The van der Waals surface area contributed by atoms with Crippen molar-refractivity contribution in [2.45, 2.75) is 39.0 Å². The average Bonchev–Trinajstić information content (AvgIpc) is 2.29. The van der Waals surface area contributed by atoms with Crippen molar-refractivity contribution in [2.24, 2.45) is 0 Å². The summed E-state index contributed by atoms with van der Waals surface area (Å²) in [5.74, 6) is 0. The van der Waals surface area contributed by atoms with Crippen molar-refractivity contribution >= 4 is 21.6 Å². The Morgan fingerprint density at radius 3 is 2.79 bits per heavy atom. The molecule has 106 valence electrons. The van der Waals surface area contributed by atoms with Crippen LogP contribution in [0.25, 0.3) is 0 Å². The maximum Gasteiger partial charge on any atom is 0.0805 e. The monoisotopic (exact) mass is 326 g/mol. The Balaban J connectivity index is 2.19. The lowest BCUT2D eigenvalue weighted by Gasteiger charge is -2.43. The molecule has 0 radical (unpaired) electrons. The van der Waals surface area contributed by atoms with E-state index < -0.39 is 0 Å². The summed E-state index contributed by atoms with van der Waals surface area (Å²) in [6.45, 7) is 9.20. The van der Waals surface area contributed by atoms with Gasteiger partial charge in [0.05, 0.1) is 11.7 Å². The van der Waals surface area contributed by atoms with Gasteiger partial charge in [0.25, 0.3) is 0 Å². The third kappa shape index (κ3) is 3.71. The molecule has 1 atom stereocenters. The quantitative estimate of drug-likeness (QED) is 0.923. The molecular formula is C15H23BrN2O. The summed E-state index contributed by atoms with van der Waals surface area (Å²) < 4.78 is 7.12. The third-order valence-electron chi connectivity index (χ3n) is 3.34. The van der Waals surface area contributed by atoms with Crippen molar-refractivity contribution < 1.29 is 4.74 Å². The highest BCUT2D eigenvalue weighted by Gasteiger charge is 2.31. The molecule has 3 nitrogen and oxygen atoms in total. The SMILES string of the molecule is CNCc1ccc(N2CC(C)OC(C)(C)C2)cc1Br. The van der Waals surface area contributed by atoms with Crippen molar-refractivity contribution in [2.75, 3.05) is 25.0 Å². The zero-order valence-corrected chi connectivity index (χ0v) is 13.8. The first kappa shape index (κ1) is 14.8. The molecule has 0 bridgehead atoms. The number of morpholine rings is 1. The van der Waals surface area contributed by atoms with Gasteiger partial charge in [-0.15, -0.1) is 0 Å². The average molecular weight is 327 g/mol. The van der Waals surface area contributed by atoms with E-state index in [4.69, 9.17) is 4.74 Å². The van der Waals surface area contributed by atoms with E-state index in [1.807, 2.05) is 7.05 Å². The van der Waals surface area contributed by atoms with Crippen LogP contribution in [0.4, 0.5) is 5.69 Å². The maximum atomic E-state index is 5.95. The van der Waals surface area contributed by atoms with Gasteiger partial charge in [0, 0.05) is 29.8 Å². The van der Waals surface area contributed by atoms with Gasteiger partial charge < -0.3 is 15.0 Å². The highest BCUT2D eigenvalue weighted by molar-refractivity contribution is 9.10. The fourth-order valence-electron chi connectivity index (χ4n) is 2.72. The summed E-state index contributed by atoms with van der Waals surface area (Å²) in [6.07, 6.45) is 0.263. The van der Waals surface area contributed by atoms with Crippen LogP contribution in [0.2, 0.25) is 0 Å².